The molecule has 0 bridgehead atoms. The number of hydrogen-bond donors (Lipinski definition) is 1. The summed E-state index contributed by atoms with van der Waals surface area (Å²) in [5.41, 5.74) is 6.96. The standard InChI is InChI=1S/C19H19F2NO3S/c1-4-11(2)8-9-12(3)17-16(23)18(19(22)24-17)25-26-10-13-14(20)6-5-7-15(13)21/h4-9,17H,3,10,22H2,1-2H3/b9-8-,11-4-. The number of allylic oxidation sites excluding steroid dienone is 3. The van der Waals surface area contributed by atoms with Crippen LogP contribution in [0.2, 0.25) is 0 Å². The lowest BCUT2D eigenvalue weighted by atomic mass is 10.1. The number of carbonyl (C=O) groups excluding carboxylic acids is 1. The Labute approximate surface area is 155 Å². The van der Waals surface area contributed by atoms with E-state index < -0.39 is 23.5 Å². The van der Waals surface area contributed by atoms with Gasteiger partial charge in [0.15, 0.2) is 6.10 Å². The van der Waals surface area contributed by atoms with Gasteiger partial charge < -0.3 is 14.7 Å². The summed E-state index contributed by atoms with van der Waals surface area (Å²) in [5.74, 6) is -2.36. The van der Waals surface area contributed by atoms with Gasteiger partial charge in [-0.1, -0.05) is 36.4 Å². The van der Waals surface area contributed by atoms with Crippen molar-refractivity contribution < 1.29 is 22.5 Å². The van der Waals surface area contributed by atoms with Gasteiger partial charge in [-0.2, -0.15) is 0 Å². The van der Waals surface area contributed by atoms with Gasteiger partial charge in [0.2, 0.25) is 17.4 Å². The minimum absolute atomic E-state index is 0.130. The van der Waals surface area contributed by atoms with Crippen molar-refractivity contribution in [1.29, 1.82) is 0 Å². The molecule has 26 heavy (non-hydrogen) atoms. The molecular weight excluding hydrogens is 360 g/mol. The minimum atomic E-state index is -0.975. The molecule has 1 heterocycles. The van der Waals surface area contributed by atoms with Gasteiger partial charge in [0.05, 0.1) is 17.8 Å². The van der Waals surface area contributed by atoms with E-state index in [0.29, 0.717) is 17.6 Å². The average molecular weight is 379 g/mol. The molecular formula is C19H19F2NO3S. The van der Waals surface area contributed by atoms with Crippen molar-refractivity contribution in [3.63, 3.8) is 0 Å². The number of halogens is 2. The number of benzene rings is 1. The van der Waals surface area contributed by atoms with Crippen LogP contribution in [0.4, 0.5) is 8.78 Å². The highest BCUT2D eigenvalue weighted by atomic mass is 32.2. The van der Waals surface area contributed by atoms with Crippen molar-refractivity contribution in [2.75, 3.05) is 0 Å². The van der Waals surface area contributed by atoms with E-state index in [1.54, 1.807) is 12.2 Å². The van der Waals surface area contributed by atoms with Crippen LogP contribution in [0, 0.1) is 11.6 Å². The Morgan fingerprint density at radius 1 is 1.38 bits per heavy atom. The zero-order valence-electron chi connectivity index (χ0n) is 14.4. The van der Waals surface area contributed by atoms with E-state index in [0.717, 1.165) is 17.7 Å². The molecule has 0 aromatic heterocycles. The van der Waals surface area contributed by atoms with Gasteiger partial charge >= 0.3 is 0 Å². The third-order valence-corrected chi connectivity index (χ3v) is 4.38. The van der Waals surface area contributed by atoms with E-state index in [-0.39, 0.29) is 23.0 Å². The second-order valence-corrected chi connectivity index (χ2v) is 6.23. The number of rotatable bonds is 7. The third kappa shape index (κ3) is 4.54. The Balaban J connectivity index is 1.98. The molecule has 0 aliphatic carbocycles. The largest absolute Gasteiger partial charge is 0.460 e. The van der Waals surface area contributed by atoms with Crippen LogP contribution in [0.15, 0.2) is 65.8 Å². The van der Waals surface area contributed by atoms with E-state index in [1.807, 2.05) is 19.9 Å². The highest BCUT2D eigenvalue weighted by Gasteiger charge is 2.37. The first-order valence-corrected chi connectivity index (χ1v) is 8.69. The molecule has 7 heteroatoms. The summed E-state index contributed by atoms with van der Waals surface area (Å²) in [7, 11) is 0. The topological polar surface area (TPSA) is 61.6 Å². The van der Waals surface area contributed by atoms with Crippen molar-refractivity contribution in [2.45, 2.75) is 25.7 Å². The van der Waals surface area contributed by atoms with Crippen molar-refractivity contribution in [1.82, 2.24) is 0 Å². The van der Waals surface area contributed by atoms with Crippen molar-refractivity contribution >= 4 is 17.8 Å². The Bertz CT molecular complexity index is 795. The maximum absolute atomic E-state index is 13.6. The molecule has 0 spiro atoms. The van der Waals surface area contributed by atoms with Gasteiger partial charge in [-0.15, -0.1) is 0 Å². The fraction of sp³-hybridized carbons (Fsp3) is 0.211. The molecule has 0 saturated heterocycles. The summed E-state index contributed by atoms with van der Waals surface area (Å²) in [6, 6.07) is 3.57. The molecule has 4 nitrogen and oxygen atoms in total. The molecule has 2 N–H and O–H groups in total. The number of carbonyl (C=O) groups is 1. The van der Waals surface area contributed by atoms with Crippen LogP contribution in [-0.2, 0) is 19.5 Å². The van der Waals surface area contributed by atoms with Crippen molar-refractivity contribution in [2.24, 2.45) is 5.73 Å². The third-order valence-electron chi connectivity index (χ3n) is 3.69. The van der Waals surface area contributed by atoms with Crippen LogP contribution in [0.5, 0.6) is 0 Å². The molecule has 1 unspecified atom stereocenters. The highest BCUT2D eigenvalue weighted by Crippen LogP contribution is 2.29. The van der Waals surface area contributed by atoms with Crippen LogP contribution in [0.1, 0.15) is 19.4 Å². The second kappa shape index (κ2) is 8.71. The zero-order valence-corrected chi connectivity index (χ0v) is 15.2. The summed E-state index contributed by atoms with van der Waals surface area (Å²) < 4.78 is 37.8. The zero-order chi connectivity index (χ0) is 19.3. The van der Waals surface area contributed by atoms with Gasteiger partial charge in [-0.3, -0.25) is 4.79 Å². The first-order valence-electron chi connectivity index (χ1n) is 7.78. The van der Waals surface area contributed by atoms with Crippen molar-refractivity contribution in [3.8, 4) is 0 Å². The molecule has 0 amide bonds. The molecule has 1 atom stereocenters. The van der Waals surface area contributed by atoms with Gasteiger partial charge in [0.1, 0.15) is 11.6 Å². The molecule has 1 aromatic rings. The minimum Gasteiger partial charge on any atom is -0.460 e. The maximum atomic E-state index is 13.6. The van der Waals surface area contributed by atoms with Crippen LogP contribution in [0.3, 0.4) is 0 Å². The van der Waals surface area contributed by atoms with E-state index in [2.05, 4.69) is 6.58 Å². The molecule has 138 valence electrons. The predicted octanol–water partition coefficient (Wildman–Crippen LogP) is 4.30. The Morgan fingerprint density at radius 3 is 2.65 bits per heavy atom. The number of nitrogens with two attached hydrogens (primary N) is 1. The number of Topliss-reactive ketones (excluding diaryl/α,β-unsaturated/α-hetero) is 1. The SMILES string of the molecule is C=C(/C=C\C(C)=C/C)C1OC(N)=C(OSCc2c(F)cccc2F)C1=O. The van der Waals surface area contributed by atoms with Crippen molar-refractivity contribution in [3.05, 3.63) is 83.0 Å². The molecule has 1 aliphatic heterocycles. The van der Waals surface area contributed by atoms with Crippen LogP contribution in [0.25, 0.3) is 0 Å². The Hall–Kier alpha value is -2.54. The fourth-order valence-electron chi connectivity index (χ4n) is 2.04. The summed E-state index contributed by atoms with van der Waals surface area (Å²) in [6.45, 7) is 7.60. The first-order chi connectivity index (χ1) is 12.3. The smallest absolute Gasteiger partial charge is 0.249 e. The lowest BCUT2D eigenvalue weighted by molar-refractivity contribution is -0.121. The molecule has 1 aromatic carbocycles. The number of ether oxygens (including phenoxy) is 1. The normalized spacial score (nSPS) is 17.8. The summed E-state index contributed by atoms with van der Waals surface area (Å²) in [5, 5.41) is 0. The lowest BCUT2D eigenvalue weighted by Crippen LogP contribution is -2.20. The van der Waals surface area contributed by atoms with Crippen LogP contribution >= 0.6 is 12.0 Å². The molecule has 0 radical (unpaired) electrons. The molecule has 1 aliphatic rings. The Morgan fingerprint density at radius 2 is 2.04 bits per heavy atom. The lowest BCUT2D eigenvalue weighted by Gasteiger charge is -2.09. The monoisotopic (exact) mass is 379 g/mol. The number of hydrogen-bond acceptors (Lipinski definition) is 5. The van der Waals surface area contributed by atoms with Gasteiger partial charge in [0.25, 0.3) is 0 Å². The first kappa shape index (κ1) is 19.8. The Kier molecular flexibility index (Phi) is 6.63. The second-order valence-electron chi connectivity index (χ2n) is 5.54. The van der Waals surface area contributed by atoms with E-state index in [4.69, 9.17) is 14.7 Å². The maximum Gasteiger partial charge on any atom is 0.249 e. The summed E-state index contributed by atoms with van der Waals surface area (Å²) in [6.07, 6.45) is 4.39. The van der Waals surface area contributed by atoms with E-state index in [9.17, 15) is 13.6 Å². The number of ketones is 1. The van der Waals surface area contributed by atoms with Crippen LogP contribution in [-0.4, -0.2) is 11.9 Å². The van der Waals surface area contributed by atoms with Gasteiger partial charge in [-0.25, -0.2) is 8.78 Å². The molecule has 0 fully saturated rings. The highest BCUT2D eigenvalue weighted by molar-refractivity contribution is 7.94. The molecule has 0 saturated carbocycles. The van der Waals surface area contributed by atoms with Gasteiger partial charge in [0, 0.05) is 5.56 Å². The quantitative estimate of drug-likeness (QED) is 0.565. The fourth-order valence-corrected chi connectivity index (χ4v) is 2.78. The van der Waals surface area contributed by atoms with E-state index >= 15 is 0 Å². The van der Waals surface area contributed by atoms with Crippen LogP contribution < -0.4 is 5.73 Å². The van der Waals surface area contributed by atoms with E-state index in [1.165, 1.54) is 6.07 Å². The molecule has 2 rings (SSSR count). The summed E-state index contributed by atoms with van der Waals surface area (Å²) in [4.78, 5) is 12.4. The predicted molar refractivity (Wildman–Crippen MR) is 97.5 cm³/mol. The average Bonchev–Trinajstić information content (AvgIpc) is 2.89. The van der Waals surface area contributed by atoms with Gasteiger partial charge in [-0.05, 0) is 31.6 Å². The summed E-state index contributed by atoms with van der Waals surface area (Å²) >= 11 is 0.700.